The molecule has 0 bridgehead atoms. The van der Waals surface area contributed by atoms with Gasteiger partial charge in [0.05, 0.1) is 0 Å². The minimum atomic E-state index is -0.833. The molecule has 0 saturated heterocycles. The summed E-state index contributed by atoms with van der Waals surface area (Å²) in [6.07, 6.45) is 0. The molecule has 1 N–H and O–H groups in total. The number of carboxylic acids is 1. The van der Waals surface area contributed by atoms with Crippen LogP contribution in [0.5, 0.6) is 0 Å². The van der Waals surface area contributed by atoms with E-state index in [2.05, 4.69) is 19.2 Å². The number of hydrogen-bond donors (Lipinski definition) is 1. The number of alkyl halides is 2. The monoisotopic (exact) mass is 277 g/mol. The van der Waals surface area contributed by atoms with E-state index in [0.29, 0.717) is 5.88 Å². The van der Waals surface area contributed by atoms with Crippen LogP contribution in [0.2, 0.25) is 4.89 Å². The average molecular weight is 278 g/mol. The first-order valence-electron chi connectivity index (χ1n) is 2.45. The molecule has 0 aromatic carbocycles. The Bertz CT molecular complexity index is 81.7. The van der Waals surface area contributed by atoms with Crippen molar-refractivity contribution >= 4 is 29.2 Å². The Morgan fingerprint density at radius 3 is 2.10 bits per heavy atom. The van der Waals surface area contributed by atoms with Crippen LogP contribution < -0.4 is 0 Å². The second-order valence-electron chi connectivity index (χ2n) is 1.40. The number of aliphatic carboxylic acids is 1. The second-order valence-corrected chi connectivity index (χ2v) is 2.96. The van der Waals surface area contributed by atoms with Gasteiger partial charge in [0.1, 0.15) is 0 Å². The number of rotatable bonds is 2. The quantitative estimate of drug-likeness (QED) is 0.619. The van der Waals surface area contributed by atoms with Gasteiger partial charge >= 0.3 is 58.6 Å². The number of carboxylic acid groups (broad SMARTS) is 1. The molecule has 0 aromatic rings. The van der Waals surface area contributed by atoms with Gasteiger partial charge < -0.3 is 5.11 Å². The third-order valence-corrected chi connectivity index (χ3v) is 2.26. The molecule has 65 valence electrons. The average Bonchev–Trinajstić information content (AvgIpc) is 1.85. The minimum absolute atomic E-state index is 0.106. The summed E-state index contributed by atoms with van der Waals surface area (Å²) < 4.78 is 0. The van der Waals surface area contributed by atoms with Gasteiger partial charge in [-0.3, -0.25) is 4.79 Å². The first-order valence-corrected chi connectivity index (χ1v) is 4.52. The molecule has 0 spiro atoms. The summed E-state index contributed by atoms with van der Waals surface area (Å²) in [4.78, 5) is 9.81. The van der Waals surface area contributed by atoms with E-state index in [-0.39, 0.29) is 5.38 Å². The third kappa shape index (κ3) is 23.3. The second kappa shape index (κ2) is 9.71. The Hall–Kier alpha value is 0.712. The molecule has 0 rings (SSSR count). The predicted octanol–water partition coefficient (Wildman–Crippen LogP) is 1.89. The van der Waals surface area contributed by atoms with Crippen molar-refractivity contribution in [2.24, 2.45) is 0 Å². The topological polar surface area (TPSA) is 37.3 Å². The van der Waals surface area contributed by atoms with E-state index in [1.165, 1.54) is 0 Å². The molecule has 0 aromatic heterocycles. The standard InChI is InChI=1S/C3H5Cl2.C2H4O2.Pd/c1-3(5)2-4;1-2(3)4;/h3H,1-2H2;1H3,(H,3,4);. The van der Waals surface area contributed by atoms with Crippen LogP contribution in [0.3, 0.4) is 0 Å². The van der Waals surface area contributed by atoms with E-state index in [1.54, 1.807) is 0 Å². The summed E-state index contributed by atoms with van der Waals surface area (Å²) >= 11 is 13.7. The van der Waals surface area contributed by atoms with Crippen molar-refractivity contribution in [2.75, 3.05) is 5.88 Å². The van der Waals surface area contributed by atoms with Gasteiger partial charge in [0.2, 0.25) is 0 Å². The van der Waals surface area contributed by atoms with Crippen molar-refractivity contribution in [2.45, 2.75) is 17.2 Å². The van der Waals surface area contributed by atoms with Crippen LogP contribution in [0.4, 0.5) is 0 Å². The van der Waals surface area contributed by atoms with Gasteiger partial charge in [0.25, 0.3) is 5.97 Å². The summed E-state index contributed by atoms with van der Waals surface area (Å²) in [5.41, 5.74) is 0. The Balaban J connectivity index is 0. The van der Waals surface area contributed by atoms with Gasteiger partial charge in [0.15, 0.2) is 0 Å². The first-order chi connectivity index (χ1) is 4.54. The van der Waals surface area contributed by atoms with Crippen LogP contribution >= 0.6 is 23.2 Å². The molecule has 1 atom stereocenters. The third-order valence-electron chi connectivity index (χ3n) is 0.308. The molecule has 0 radical (unpaired) electrons. The van der Waals surface area contributed by atoms with Crippen molar-refractivity contribution < 1.29 is 29.1 Å². The summed E-state index contributed by atoms with van der Waals surface area (Å²) in [5, 5.41) is 7.52. The Labute approximate surface area is 81.3 Å². The normalized spacial score (nSPS) is 11.3. The summed E-state index contributed by atoms with van der Waals surface area (Å²) in [6.45, 7) is 1.08. The van der Waals surface area contributed by atoms with Crippen LogP contribution in [-0.4, -0.2) is 22.3 Å². The van der Waals surface area contributed by atoms with E-state index < -0.39 is 5.97 Å². The van der Waals surface area contributed by atoms with Crippen molar-refractivity contribution in [3.8, 4) is 0 Å². The SMILES string of the molecule is CC(=O)O.ClCC(Cl)[CH2][Pd]. The van der Waals surface area contributed by atoms with Crippen LogP contribution in [-0.2, 0) is 24.0 Å². The summed E-state index contributed by atoms with van der Waals surface area (Å²) in [5.74, 6) is -0.303. The van der Waals surface area contributed by atoms with Crippen molar-refractivity contribution in [1.29, 1.82) is 0 Å². The number of hydrogen-bond acceptors (Lipinski definition) is 1. The molecule has 0 saturated carbocycles. The van der Waals surface area contributed by atoms with E-state index >= 15 is 0 Å². The van der Waals surface area contributed by atoms with Crippen molar-refractivity contribution in [3.05, 3.63) is 0 Å². The fraction of sp³-hybridized carbons (Fsp3) is 0.800. The number of carbonyl (C=O) groups is 1. The van der Waals surface area contributed by atoms with Gasteiger partial charge in [-0.2, -0.15) is 0 Å². The van der Waals surface area contributed by atoms with Crippen LogP contribution in [0, 0.1) is 0 Å². The van der Waals surface area contributed by atoms with Gasteiger partial charge in [-0.15, -0.1) is 0 Å². The van der Waals surface area contributed by atoms with Gasteiger partial charge in [-0.25, -0.2) is 0 Å². The van der Waals surface area contributed by atoms with Crippen molar-refractivity contribution in [1.82, 2.24) is 0 Å². The molecule has 5 heteroatoms. The van der Waals surface area contributed by atoms with Gasteiger partial charge in [0, 0.05) is 6.92 Å². The molecule has 0 heterocycles. The zero-order valence-corrected chi connectivity index (χ0v) is 8.49. The fourth-order valence-electron chi connectivity index (χ4n) is 0.0345. The van der Waals surface area contributed by atoms with Gasteiger partial charge in [-0.05, 0) is 0 Å². The molecule has 0 aliphatic rings. The van der Waals surface area contributed by atoms with Crippen molar-refractivity contribution in [3.63, 3.8) is 0 Å². The molecule has 10 heavy (non-hydrogen) atoms. The molecule has 2 nitrogen and oxygen atoms in total. The molecule has 0 aliphatic carbocycles. The Kier molecular flexibility index (Phi) is 12.9. The molecule has 0 aliphatic heterocycles. The van der Waals surface area contributed by atoms with E-state index in [0.717, 1.165) is 11.8 Å². The van der Waals surface area contributed by atoms with Crippen LogP contribution in [0.1, 0.15) is 6.92 Å². The fourth-order valence-corrected chi connectivity index (χ4v) is 0.612. The van der Waals surface area contributed by atoms with E-state index in [9.17, 15) is 0 Å². The maximum atomic E-state index is 9.00. The molecule has 1 unspecified atom stereocenters. The first kappa shape index (κ1) is 13.3. The Morgan fingerprint density at radius 2 is 2.10 bits per heavy atom. The molecular formula is C5H9Cl2O2Pd. The van der Waals surface area contributed by atoms with Crippen LogP contribution in [0.15, 0.2) is 0 Å². The summed E-state index contributed by atoms with van der Waals surface area (Å²) in [6, 6.07) is 0. The maximum absolute atomic E-state index is 9.00. The molecule has 0 amide bonds. The number of halogens is 2. The van der Waals surface area contributed by atoms with Crippen LogP contribution in [0.25, 0.3) is 0 Å². The van der Waals surface area contributed by atoms with Gasteiger partial charge in [-0.1, -0.05) is 0 Å². The van der Waals surface area contributed by atoms with E-state index in [1.807, 2.05) is 0 Å². The molecular weight excluding hydrogens is 269 g/mol. The van der Waals surface area contributed by atoms with E-state index in [4.69, 9.17) is 33.1 Å². The molecule has 0 fully saturated rings. The summed E-state index contributed by atoms with van der Waals surface area (Å²) in [7, 11) is 0. The predicted molar refractivity (Wildman–Crippen MR) is 38.5 cm³/mol. The zero-order chi connectivity index (χ0) is 8.57. The zero-order valence-electron chi connectivity index (χ0n) is 5.42. The Morgan fingerprint density at radius 1 is 1.80 bits per heavy atom.